The van der Waals surface area contributed by atoms with E-state index in [0.717, 1.165) is 0 Å². The van der Waals surface area contributed by atoms with E-state index in [4.69, 9.17) is 17.3 Å². The van der Waals surface area contributed by atoms with Crippen LogP contribution < -0.4 is 11.1 Å². The first kappa shape index (κ1) is 13.8. The molecule has 1 aromatic rings. The predicted molar refractivity (Wildman–Crippen MR) is 69.0 cm³/mol. The van der Waals surface area contributed by atoms with Gasteiger partial charge in [0, 0.05) is 6.54 Å². The Hall–Kier alpha value is -1.26. The largest absolute Gasteiger partial charge is 0.398 e. The molecule has 1 aromatic carbocycles. The molecule has 0 aliphatic carbocycles. The summed E-state index contributed by atoms with van der Waals surface area (Å²) < 4.78 is 0. The molecule has 0 saturated carbocycles. The first-order chi connectivity index (χ1) is 7.93. The Balaban J connectivity index is 2.68. The highest BCUT2D eigenvalue weighted by Crippen LogP contribution is 2.22. The lowest BCUT2D eigenvalue weighted by molar-refractivity contribution is 0.0872. The van der Waals surface area contributed by atoms with E-state index in [2.05, 4.69) is 5.32 Å². The molecule has 0 aliphatic rings. The van der Waals surface area contributed by atoms with Crippen molar-refractivity contribution in [2.45, 2.75) is 20.0 Å². The number of nitrogens with two attached hydrogens (primary N) is 1. The lowest BCUT2D eigenvalue weighted by Gasteiger charge is -2.15. The van der Waals surface area contributed by atoms with Gasteiger partial charge >= 0.3 is 0 Å². The summed E-state index contributed by atoms with van der Waals surface area (Å²) in [6.07, 6.45) is -0.571. The number of amides is 1. The first-order valence-corrected chi connectivity index (χ1v) is 5.81. The summed E-state index contributed by atoms with van der Waals surface area (Å²) in [5.74, 6) is -0.242. The van der Waals surface area contributed by atoms with Crippen molar-refractivity contribution < 1.29 is 9.90 Å². The van der Waals surface area contributed by atoms with Crippen molar-refractivity contribution in [1.29, 1.82) is 0 Å². The first-order valence-electron chi connectivity index (χ1n) is 5.43. The van der Waals surface area contributed by atoms with Crippen LogP contribution in [0.2, 0.25) is 5.02 Å². The highest BCUT2D eigenvalue weighted by atomic mass is 35.5. The van der Waals surface area contributed by atoms with Gasteiger partial charge < -0.3 is 16.2 Å². The molecule has 0 spiro atoms. The molecule has 4 N–H and O–H groups in total. The van der Waals surface area contributed by atoms with Crippen LogP contribution in [0.5, 0.6) is 0 Å². The second-order valence-electron chi connectivity index (χ2n) is 4.23. The fourth-order valence-electron chi connectivity index (χ4n) is 1.25. The molecule has 0 radical (unpaired) electrons. The quantitative estimate of drug-likeness (QED) is 0.718. The number of carbonyl (C=O) groups excluding carboxylic acids is 1. The van der Waals surface area contributed by atoms with Gasteiger partial charge in [0.15, 0.2) is 0 Å². The van der Waals surface area contributed by atoms with E-state index in [0.29, 0.717) is 11.3 Å². The SMILES string of the molecule is CC(C)C(O)CNC(=O)c1cccc(N)c1Cl. The van der Waals surface area contributed by atoms with Crippen LogP contribution in [-0.2, 0) is 0 Å². The Bertz CT molecular complexity index is 407. The number of hydrogen-bond acceptors (Lipinski definition) is 3. The summed E-state index contributed by atoms with van der Waals surface area (Å²) in [6, 6.07) is 4.88. The Morgan fingerprint density at radius 2 is 2.18 bits per heavy atom. The third-order valence-electron chi connectivity index (χ3n) is 2.51. The van der Waals surface area contributed by atoms with Gasteiger partial charge in [-0.15, -0.1) is 0 Å². The summed E-state index contributed by atoms with van der Waals surface area (Å²) in [5.41, 5.74) is 6.29. The number of hydrogen-bond donors (Lipinski definition) is 3. The number of aliphatic hydroxyl groups is 1. The molecule has 0 heterocycles. The smallest absolute Gasteiger partial charge is 0.252 e. The molecule has 17 heavy (non-hydrogen) atoms. The summed E-state index contributed by atoms with van der Waals surface area (Å²) in [5, 5.41) is 12.4. The molecule has 1 unspecified atom stereocenters. The molecule has 1 amide bonds. The van der Waals surface area contributed by atoms with E-state index in [1.54, 1.807) is 18.2 Å². The fourth-order valence-corrected chi connectivity index (χ4v) is 1.47. The molecule has 5 heteroatoms. The van der Waals surface area contributed by atoms with Crippen molar-refractivity contribution in [3.63, 3.8) is 0 Å². The minimum absolute atomic E-state index is 0.0895. The topological polar surface area (TPSA) is 75.3 Å². The number of carbonyl (C=O) groups is 1. The van der Waals surface area contributed by atoms with Crippen molar-refractivity contribution in [1.82, 2.24) is 5.32 Å². The maximum Gasteiger partial charge on any atom is 0.252 e. The van der Waals surface area contributed by atoms with E-state index in [9.17, 15) is 9.90 Å². The zero-order chi connectivity index (χ0) is 13.0. The van der Waals surface area contributed by atoms with Crippen LogP contribution in [0.25, 0.3) is 0 Å². The summed E-state index contributed by atoms with van der Waals surface area (Å²) in [4.78, 5) is 11.8. The van der Waals surface area contributed by atoms with Crippen LogP contribution in [-0.4, -0.2) is 23.7 Å². The molecule has 0 bridgehead atoms. The van der Waals surface area contributed by atoms with Gasteiger partial charge in [-0.25, -0.2) is 0 Å². The molecule has 1 atom stereocenters. The number of aliphatic hydroxyl groups excluding tert-OH is 1. The summed E-state index contributed by atoms with van der Waals surface area (Å²) in [6.45, 7) is 3.95. The normalized spacial score (nSPS) is 12.5. The van der Waals surface area contributed by atoms with Crippen molar-refractivity contribution in [2.24, 2.45) is 5.92 Å². The summed E-state index contributed by atoms with van der Waals surface area (Å²) >= 11 is 5.92. The molecule has 0 aliphatic heterocycles. The minimum Gasteiger partial charge on any atom is -0.398 e. The minimum atomic E-state index is -0.571. The molecule has 0 saturated heterocycles. The highest BCUT2D eigenvalue weighted by Gasteiger charge is 2.14. The van der Waals surface area contributed by atoms with Crippen LogP contribution in [0.1, 0.15) is 24.2 Å². The van der Waals surface area contributed by atoms with E-state index in [1.807, 2.05) is 13.8 Å². The van der Waals surface area contributed by atoms with E-state index in [1.165, 1.54) is 0 Å². The van der Waals surface area contributed by atoms with Gasteiger partial charge in [-0.3, -0.25) is 4.79 Å². The lowest BCUT2D eigenvalue weighted by Crippen LogP contribution is -2.34. The Labute approximate surface area is 106 Å². The van der Waals surface area contributed by atoms with E-state index in [-0.39, 0.29) is 23.4 Å². The molecule has 0 fully saturated rings. The van der Waals surface area contributed by atoms with Gasteiger partial charge in [0.1, 0.15) is 0 Å². The molecule has 0 aromatic heterocycles. The maximum atomic E-state index is 11.8. The van der Waals surface area contributed by atoms with Gasteiger partial charge in [-0.1, -0.05) is 31.5 Å². The summed E-state index contributed by atoms with van der Waals surface area (Å²) in [7, 11) is 0. The van der Waals surface area contributed by atoms with Crippen molar-refractivity contribution >= 4 is 23.2 Å². The molecular formula is C12H17ClN2O2. The number of nitrogens with one attached hydrogen (secondary N) is 1. The van der Waals surface area contributed by atoms with Crippen LogP contribution in [0, 0.1) is 5.92 Å². The van der Waals surface area contributed by atoms with Crippen molar-refractivity contribution in [2.75, 3.05) is 12.3 Å². The fraction of sp³-hybridized carbons (Fsp3) is 0.417. The number of nitrogen functional groups attached to an aromatic ring is 1. The molecule has 4 nitrogen and oxygen atoms in total. The van der Waals surface area contributed by atoms with Crippen LogP contribution in [0.4, 0.5) is 5.69 Å². The monoisotopic (exact) mass is 256 g/mol. The molecule has 1 rings (SSSR count). The average molecular weight is 257 g/mol. The lowest BCUT2D eigenvalue weighted by atomic mass is 10.1. The Morgan fingerprint density at radius 3 is 2.76 bits per heavy atom. The van der Waals surface area contributed by atoms with Gasteiger partial charge in [0.2, 0.25) is 0 Å². The molecular weight excluding hydrogens is 240 g/mol. The Kier molecular flexibility index (Phi) is 4.78. The number of rotatable bonds is 4. The third-order valence-corrected chi connectivity index (χ3v) is 2.94. The predicted octanol–water partition coefficient (Wildman–Crippen LogP) is 1.67. The van der Waals surface area contributed by atoms with Gasteiger partial charge in [0.25, 0.3) is 5.91 Å². The zero-order valence-corrected chi connectivity index (χ0v) is 10.7. The maximum absolute atomic E-state index is 11.8. The average Bonchev–Trinajstić information content (AvgIpc) is 2.29. The number of halogens is 1. The molecule has 94 valence electrons. The van der Waals surface area contributed by atoms with Crippen molar-refractivity contribution in [3.05, 3.63) is 28.8 Å². The van der Waals surface area contributed by atoms with Gasteiger partial charge in [0.05, 0.1) is 22.4 Å². The van der Waals surface area contributed by atoms with E-state index >= 15 is 0 Å². The van der Waals surface area contributed by atoms with Gasteiger partial charge in [-0.2, -0.15) is 0 Å². The van der Waals surface area contributed by atoms with Gasteiger partial charge in [-0.05, 0) is 18.1 Å². The second kappa shape index (κ2) is 5.89. The van der Waals surface area contributed by atoms with Crippen molar-refractivity contribution in [3.8, 4) is 0 Å². The van der Waals surface area contributed by atoms with Crippen LogP contribution in [0.15, 0.2) is 18.2 Å². The third kappa shape index (κ3) is 3.61. The second-order valence-corrected chi connectivity index (χ2v) is 4.61. The Morgan fingerprint density at radius 1 is 1.53 bits per heavy atom. The highest BCUT2D eigenvalue weighted by molar-refractivity contribution is 6.36. The van der Waals surface area contributed by atoms with Crippen LogP contribution >= 0.6 is 11.6 Å². The zero-order valence-electron chi connectivity index (χ0n) is 9.90. The number of anilines is 1. The number of benzene rings is 1. The van der Waals surface area contributed by atoms with Crippen LogP contribution in [0.3, 0.4) is 0 Å². The standard InChI is InChI=1S/C12H17ClN2O2/c1-7(2)10(16)6-15-12(17)8-4-3-5-9(14)11(8)13/h3-5,7,10,16H,6,14H2,1-2H3,(H,15,17). The van der Waals surface area contributed by atoms with E-state index < -0.39 is 6.10 Å².